The van der Waals surface area contributed by atoms with Gasteiger partial charge in [-0.3, -0.25) is 4.99 Å². The first-order chi connectivity index (χ1) is 8.75. The predicted octanol–water partition coefficient (Wildman–Crippen LogP) is 1.70. The predicted molar refractivity (Wildman–Crippen MR) is 95.6 cm³/mol. The fourth-order valence-corrected chi connectivity index (χ4v) is 3.59. The summed E-state index contributed by atoms with van der Waals surface area (Å²) in [5.41, 5.74) is 6.04. The van der Waals surface area contributed by atoms with Gasteiger partial charge < -0.3 is 15.5 Å². The first kappa shape index (κ1) is 17.4. The highest BCUT2D eigenvalue weighted by Crippen LogP contribution is 2.14. The van der Waals surface area contributed by atoms with E-state index in [9.17, 15) is 0 Å². The fourth-order valence-electron chi connectivity index (χ4n) is 2.69. The molecule has 0 aromatic rings. The average Bonchev–Trinajstić information content (AvgIpc) is 2.40. The number of aliphatic imine (C=N–C) groups is 1. The van der Waals surface area contributed by atoms with E-state index in [2.05, 4.69) is 21.7 Å². The molecule has 0 aromatic heterocycles. The third-order valence-corrected chi connectivity index (χ3v) is 4.71. The molecule has 2 saturated heterocycles. The van der Waals surface area contributed by atoms with E-state index in [1.807, 2.05) is 11.8 Å². The van der Waals surface area contributed by atoms with E-state index >= 15 is 0 Å². The van der Waals surface area contributed by atoms with Gasteiger partial charge in [0, 0.05) is 37.7 Å². The average molecular weight is 398 g/mol. The molecular formula is C13H27IN4S. The highest BCUT2D eigenvalue weighted by Gasteiger charge is 2.16. The van der Waals surface area contributed by atoms with Gasteiger partial charge >= 0.3 is 0 Å². The molecule has 112 valence electrons. The van der Waals surface area contributed by atoms with Gasteiger partial charge in [0.2, 0.25) is 0 Å². The zero-order valence-electron chi connectivity index (χ0n) is 11.9. The molecule has 0 aliphatic carbocycles. The topological polar surface area (TPSA) is 44.9 Å². The quantitative estimate of drug-likeness (QED) is 0.447. The Bertz CT molecular complexity index is 282. The number of nitrogens with two attached hydrogens (primary N) is 1. The molecule has 1 atom stereocenters. The first-order valence-electron chi connectivity index (χ1n) is 7.10. The summed E-state index contributed by atoms with van der Waals surface area (Å²) in [6.07, 6.45) is 2.72. The third kappa shape index (κ3) is 6.08. The summed E-state index contributed by atoms with van der Waals surface area (Å²) in [5.74, 6) is 3.96. The first-order valence-corrected chi connectivity index (χ1v) is 8.26. The fraction of sp³-hybridized carbons (Fsp3) is 0.923. The molecule has 0 aromatic carbocycles. The number of rotatable bonds is 3. The van der Waals surface area contributed by atoms with Gasteiger partial charge in [0.1, 0.15) is 0 Å². The zero-order valence-corrected chi connectivity index (χ0v) is 15.0. The van der Waals surface area contributed by atoms with Crippen LogP contribution in [0.5, 0.6) is 0 Å². The number of thioether (sulfide) groups is 1. The van der Waals surface area contributed by atoms with Crippen LogP contribution in [-0.4, -0.2) is 66.5 Å². The van der Waals surface area contributed by atoms with Crippen LogP contribution in [0, 0.1) is 5.92 Å². The summed E-state index contributed by atoms with van der Waals surface area (Å²) in [7, 11) is 0. The van der Waals surface area contributed by atoms with Gasteiger partial charge in [0.25, 0.3) is 0 Å². The molecule has 4 nitrogen and oxygen atoms in total. The lowest BCUT2D eigenvalue weighted by Gasteiger charge is -2.30. The van der Waals surface area contributed by atoms with E-state index in [0.717, 1.165) is 38.1 Å². The SMILES string of the molecule is CC1CCCN(CCN=C(N)N2CCSCC2)C1.I. The van der Waals surface area contributed by atoms with Crippen LogP contribution < -0.4 is 5.73 Å². The smallest absolute Gasteiger partial charge is 0.191 e. The van der Waals surface area contributed by atoms with Crippen LogP contribution in [0.25, 0.3) is 0 Å². The molecule has 2 N–H and O–H groups in total. The maximum absolute atomic E-state index is 6.04. The van der Waals surface area contributed by atoms with Crippen LogP contribution >= 0.6 is 35.7 Å². The minimum Gasteiger partial charge on any atom is -0.370 e. The van der Waals surface area contributed by atoms with E-state index < -0.39 is 0 Å². The largest absolute Gasteiger partial charge is 0.370 e. The Kier molecular flexibility index (Phi) is 8.48. The van der Waals surface area contributed by atoms with E-state index in [1.54, 1.807) is 0 Å². The number of likely N-dealkylation sites (tertiary alicyclic amines) is 1. The van der Waals surface area contributed by atoms with Crippen molar-refractivity contribution in [2.24, 2.45) is 16.6 Å². The molecule has 0 bridgehead atoms. The molecule has 0 radical (unpaired) electrons. The molecule has 0 spiro atoms. The summed E-state index contributed by atoms with van der Waals surface area (Å²) < 4.78 is 0. The summed E-state index contributed by atoms with van der Waals surface area (Å²) >= 11 is 2.00. The Labute approximate surface area is 138 Å². The van der Waals surface area contributed by atoms with E-state index in [4.69, 9.17) is 5.73 Å². The van der Waals surface area contributed by atoms with Crippen molar-refractivity contribution in [1.82, 2.24) is 9.80 Å². The number of nitrogens with zero attached hydrogens (tertiary/aromatic N) is 3. The van der Waals surface area contributed by atoms with Crippen LogP contribution in [0.3, 0.4) is 0 Å². The van der Waals surface area contributed by atoms with Gasteiger partial charge in [-0.15, -0.1) is 24.0 Å². The molecular weight excluding hydrogens is 371 g/mol. The second-order valence-corrected chi connectivity index (χ2v) is 6.61. The van der Waals surface area contributed by atoms with E-state index in [-0.39, 0.29) is 24.0 Å². The lowest BCUT2D eigenvalue weighted by atomic mass is 10.0. The maximum atomic E-state index is 6.04. The number of piperidine rings is 1. The summed E-state index contributed by atoms with van der Waals surface area (Å²) in [6, 6.07) is 0. The molecule has 0 amide bonds. The van der Waals surface area contributed by atoms with Gasteiger partial charge in [0.15, 0.2) is 5.96 Å². The minimum atomic E-state index is 0. The van der Waals surface area contributed by atoms with E-state index in [0.29, 0.717) is 0 Å². The maximum Gasteiger partial charge on any atom is 0.191 e. The molecule has 2 heterocycles. The highest BCUT2D eigenvalue weighted by atomic mass is 127. The Morgan fingerprint density at radius 1 is 1.32 bits per heavy atom. The second kappa shape index (κ2) is 9.28. The lowest BCUT2D eigenvalue weighted by Crippen LogP contribution is -2.43. The van der Waals surface area contributed by atoms with Crippen molar-refractivity contribution in [3.05, 3.63) is 0 Å². The number of hydrogen-bond donors (Lipinski definition) is 1. The number of guanidine groups is 1. The summed E-state index contributed by atoms with van der Waals surface area (Å²) in [6.45, 7) is 8.84. The highest BCUT2D eigenvalue weighted by molar-refractivity contribution is 14.0. The van der Waals surface area contributed by atoms with Gasteiger partial charge in [-0.05, 0) is 25.3 Å². The second-order valence-electron chi connectivity index (χ2n) is 5.39. The normalized spacial score (nSPS) is 26.1. The van der Waals surface area contributed by atoms with Gasteiger partial charge in [-0.2, -0.15) is 11.8 Å². The lowest BCUT2D eigenvalue weighted by molar-refractivity contribution is 0.188. The van der Waals surface area contributed by atoms with Gasteiger partial charge in [0.05, 0.1) is 6.54 Å². The summed E-state index contributed by atoms with van der Waals surface area (Å²) in [5, 5.41) is 0. The van der Waals surface area contributed by atoms with Crippen molar-refractivity contribution in [1.29, 1.82) is 0 Å². The molecule has 2 aliphatic heterocycles. The number of hydrogen-bond acceptors (Lipinski definition) is 3. The van der Waals surface area contributed by atoms with Crippen molar-refractivity contribution in [3.63, 3.8) is 0 Å². The monoisotopic (exact) mass is 398 g/mol. The van der Waals surface area contributed by atoms with Crippen LogP contribution in [0.15, 0.2) is 4.99 Å². The molecule has 1 unspecified atom stereocenters. The van der Waals surface area contributed by atoms with Crippen molar-refractivity contribution < 1.29 is 0 Å². The van der Waals surface area contributed by atoms with E-state index in [1.165, 1.54) is 37.4 Å². The Morgan fingerprint density at radius 3 is 2.74 bits per heavy atom. The Morgan fingerprint density at radius 2 is 2.05 bits per heavy atom. The molecule has 0 saturated carbocycles. The molecule has 2 rings (SSSR count). The summed E-state index contributed by atoms with van der Waals surface area (Å²) in [4.78, 5) is 9.28. The Balaban J connectivity index is 0.00000180. The van der Waals surface area contributed by atoms with Crippen molar-refractivity contribution in [2.45, 2.75) is 19.8 Å². The van der Waals surface area contributed by atoms with Crippen LogP contribution in [-0.2, 0) is 0 Å². The van der Waals surface area contributed by atoms with Crippen LogP contribution in [0.4, 0.5) is 0 Å². The standard InChI is InChI=1S/C13H26N4S.HI/c1-12-3-2-5-16(11-12)6-4-15-13(14)17-7-9-18-10-8-17;/h12H,2-11H2,1H3,(H2,14,15);1H. The van der Waals surface area contributed by atoms with Crippen molar-refractivity contribution >= 4 is 41.7 Å². The molecule has 19 heavy (non-hydrogen) atoms. The van der Waals surface area contributed by atoms with Crippen LogP contribution in [0.2, 0.25) is 0 Å². The van der Waals surface area contributed by atoms with Gasteiger partial charge in [-0.25, -0.2) is 0 Å². The van der Waals surface area contributed by atoms with Crippen molar-refractivity contribution in [3.8, 4) is 0 Å². The van der Waals surface area contributed by atoms with Crippen molar-refractivity contribution in [2.75, 3.05) is 50.8 Å². The van der Waals surface area contributed by atoms with Crippen LogP contribution in [0.1, 0.15) is 19.8 Å². The Hall–Kier alpha value is 0.310. The molecule has 2 aliphatic rings. The number of halogens is 1. The minimum absolute atomic E-state index is 0. The van der Waals surface area contributed by atoms with Gasteiger partial charge in [-0.1, -0.05) is 6.92 Å². The molecule has 2 fully saturated rings. The third-order valence-electron chi connectivity index (χ3n) is 3.77. The zero-order chi connectivity index (χ0) is 12.8. The molecule has 6 heteroatoms.